The molecule has 1 aromatic carbocycles. The topological polar surface area (TPSA) is 41.1 Å². The highest BCUT2D eigenvalue weighted by Crippen LogP contribution is 2.16. The average Bonchev–Trinajstić information content (AvgIpc) is 2.32. The Labute approximate surface area is 111 Å². The third kappa shape index (κ3) is 3.00. The van der Waals surface area contributed by atoms with Crippen molar-refractivity contribution >= 4 is 17.5 Å². The summed E-state index contributed by atoms with van der Waals surface area (Å²) in [6, 6.07) is 4.12. The van der Waals surface area contributed by atoms with Crippen LogP contribution in [-0.2, 0) is 0 Å². The molecule has 18 heavy (non-hydrogen) atoms. The van der Waals surface area contributed by atoms with E-state index in [-0.39, 0.29) is 22.5 Å². The van der Waals surface area contributed by atoms with Crippen LogP contribution in [0.15, 0.2) is 18.2 Å². The number of carbonyl (C=O) groups is 1. The van der Waals surface area contributed by atoms with Gasteiger partial charge in [-0.05, 0) is 37.1 Å². The van der Waals surface area contributed by atoms with Gasteiger partial charge in [0.05, 0.1) is 5.56 Å². The summed E-state index contributed by atoms with van der Waals surface area (Å²) in [7, 11) is 0. The third-order valence-electron chi connectivity index (χ3n) is 3.32. The van der Waals surface area contributed by atoms with Crippen molar-refractivity contribution in [2.75, 3.05) is 13.1 Å². The van der Waals surface area contributed by atoms with E-state index >= 15 is 0 Å². The first-order valence-electron chi connectivity index (χ1n) is 6.04. The van der Waals surface area contributed by atoms with Gasteiger partial charge in [-0.25, -0.2) is 4.39 Å². The highest BCUT2D eigenvalue weighted by atomic mass is 35.5. The Morgan fingerprint density at radius 1 is 1.56 bits per heavy atom. The molecule has 2 atom stereocenters. The first-order valence-corrected chi connectivity index (χ1v) is 6.42. The predicted octanol–water partition coefficient (Wildman–Crippen LogP) is 2.21. The molecule has 1 fully saturated rings. The van der Waals surface area contributed by atoms with E-state index in [2.05, 4.69) is 17.6 Å². The lowest BCUT2D eigenvalue weighted by molar-refractivity contribution is 0.0911. The summed E-state index contributed by atoms with van der Waals surface area (Å²) >= 11 is 5.65. The Kier molecular flexibility index (Phi) is 4.19. The molecule has 0 aliphatic carbocycles. The second-order valence-electron chi connectivity index (χ2n) is 4.67. The Hall–Kier alpha value is -1.13. The van der Waals surface area contributed by atoms with Crippen LogP contribution in [-0.4, -0.2) is 25.0 Å². The lowest BCUT2D eigenvalue weighted by atomic mass is 9.94. The fraction of sp³-hybridized carbons (Fsp3) is 0.462. The Morgan fingerprint density at radius 3 is 3.00 bits per heavy atom. The lowest BCUT2D eigenvalue weighted by Gasteiger charge is -2.30. The fourth-order valence-corrected chi connectivity index (χ4v) is 2.26. The largest absolute Gasteiger partial charge is 0.348 e. The van der Waals surface area contributed by atoms with E-state index in [9.17, 15) is 9.18 Å². The van der Waals surface area contributed by atoms with Crippen molar-refractivity contribution in [3.05, 3.63) is 34.6 Å². The van der Waals surface area contributed by atoms with Gasteiger partial charge in [0.1, 0.15) is 5.82 Å². The van der Waals surface area contributed by atoms with Crippen LogP contribution < -0.4 is 10.6 Å². The maximum absolute atomic E-state index is 13.6. The number of amides is 1. The minimum Gasteiger partial charge on any atom is -0.348 e. The molecule has 2 rings (SSSR count). The second-order valence-corrected chi connectivity index (χ2v) is 5.11. The molecule has 0 radical (unpaired) electrons. The number of nitrogens with one attached hydrogen (secondary N) is 2. The molecule has 0 aromatic heterocycles. The quantitative estimate of drug-likeness (QED) is 0.865. The van der Waals surface area contributed by atoms with Crippen LogP contribution in [0.3, 0.4) is 0 Å². The van der Waals surface area contributed by atoms with Crippen LogP contribution in [0.1, 0.15) is 23.7 Å². The lowest BCUT2D eigenvalue weighted by Crippen LogP contribution is -2.50. The minimum atomic E-state index is -0.587. The number of halogens is 2. The number of hydrogen-bond donors (Lipinski definition) is 2. The van der Waals surface area contributed by atoms with Gasteiger partial charge in [0, 0.05) is 17.6 Å². The summed E-state index contributed by atoms with van der Waals surface area (Å²) in [5, 5.41) is 6.37. The molecule has 1 aliphatic rings. The van der Waals surface area contributed by atoms with Crippen LogP contribution in [0, 0.1) is 11.7 Å². The average molecular weight is 271 g/mol. The van der Waals surface area contributed by atoms with Crippen molar-refractivity contribution in [1.82, 2.24) is 10.6 Å². The molecule has 2 N–H and O–H groups in total. The summed E-state index contributed by atoms with van der Waals surface area (Å²) in [4.78, 5) is 12.0. The molecule has 1 saturated heterocycles. The summed E-state index contributed by atoms with van der Waals surface area (Å²) < 4.78 is 13.6. The highest BCUT2D eigenvalue weighted by molar-refractivity contribution is 6.30. The number of rotatable bonds is 2. The first kappa shape index (κ1) is 13.3. The van der Waals surface area contributed by atoms with Gasteiger partial charge in [-0.3, -0.25) is 4.79 Å². The maximum Gasteiger partial charge on any atom is 0.254 e. The van der Waals surface area contributed by atoms with Crippen LogP contribution in [0.4, 0.5) is 4.39 Å². The van der Waals surface area contributed by atoms with E-state index in [0.717, 1.165) is 25.6 Å². The van der Waals surface area contributed by atoms with Gasteiger partial charge < -0.3 is 10.6 Å². The van der Waals surface area contributed by atoms with Crippen LogP contribution >= 0.6 is 11.6 Å². The zero-order valence-corrected chi connectivity index (χ0v) is 10.9. The van der Waals surface area contributed by atoms with Gasteiger partial charge in [-0.1, -0.05) is 18.5 Å². The van der Waals surface area contributed by atoms with E-state index in [1.54, 1.807) is 0 Å². The molecule has 98 valence electrons. The molecule has 5 heteroatoms. The molecule has 1 amide bonds. The molecule has 0 saturated carbocycles. The van der Waals surface area contributed by atoms with E-state index in [0.29, 0.717) is 5.92 Å². The van der Waals surface area contributed by atoms with Crippen molar-refractivity contribution in [1.29, 1.82) is 0 Å². The Morgan fingerprint density at radius 2 is 2.33 bits per heavy atom. The summed E-state index contributed by atoms with van der Waals surface area (Å²) in [6.45, 7) is 3.77. The van der Waals surface area contributed by atoms with Gasteiger partial charge in [0.2, 0.25) is 0 Å². The molecule has 1 heterocycles. The first-order chi connectivity index (χ1) is 8.58. The van der Waals surface area contributed by atoms with Crippen LogP contribution in [0.2, 0.25) is 5.02 Å². The maximum atomic E-state index is 13.6. The fourth-order valence-electron chi connectivity index (χ4n) is 2.10. The molecule has 0 bridgehead atoms. The standard InChI is InChI=1S/C13H16ClFN2O/c1-8-4-5-16-7-12(8)17-13(18)10-3-2-9(14)6-11(10)15/h2-3,6,8,12,16H,4-5,7H2,1H3,(H,17,18). The molecule has 3 nitrogen and oxygen atoms in total. The van der Waals surface area contributed by atoms with Gasteiger partial charge >= 0.3 is 0 Å². The Balaban J connectivity index is 2.07. The van der Waals surface area contributed by atoms with Gasteiger partial charge in [0.25, 0.3) is 5.91 Å². The predicted molar refractivity (Wildman–Crippen MR) is 69.3 cm³/mol. The molecule has 1 aromatic rings. The zero-order chi connectivity index (χ0) is 13.1. The number of piperidine rings is 1. The van der Waals surface area contributed by atoms with Crippen LogP contribution in [0.25, 0.3) is 0 Å². The minimum absolute atomic E-state index is 0.0390. The Bertz CT molecular complexity index is 453. The van der Waals surface area contributed by atoms with E-state index < -0.39 is 5.82 Å². The summed E-state index contributed by atoms with van der Waals surface area (Å²) in [6.07, 6.45) is 1.01. The number of benzene rings is 1. The van der Waals surface area contributed by atoms with Crippen LogP contribution in [0.5, 0.6) is 0 Å². The normalized spacial score (nSPS) is 23.7. The number of carbonyl (C=O) groups excluding carboxylic acids is 1. The van der Waals surface area contributed by atoms with Crippen molar-refractivity contribution in [3.63, 3.8) is 0 Å². The van der Waals surface area contributed by atoms with E-state index in [1.165, 1.54) is 12.1 Å². The molecular weight excluding hydrogens is 255 g/mol. The number of hydrogen-bond acceptors (Lipinski definition) is 2. The molecule has 1 aliphatic heterocycles. The van der Waals surface area contributed by atoms with Gasteiger partial charge in [0.15, 0.2) is 0 Å². The summed E-state index contributed by atoms with van der Waals surface area (Å²) in [5.41, 5.74) is 0.0390. The van der Waals surface area contributed by atoms with Gasteiger partial charge in [-0.15, -0.1) is 0 Å². The van der Waals surface area contributed by atoms with Gasteiger partial charge in [-0.2, -0.15) is 0 Å². The van der Waals surface area contributed by atoms with Crippen molar-refractivity contribution in [2.45, 2.75) is 19.4 Å². The highest BCUT2D eigenvalue weighted by Gasteiger charge is 2.24. The molecular formula is C13H16ClFN2O. The second kappa shape index (κ2) is 5.67. The van der Waals surface area contributed by atoms with Crippen molar-refractivity contribution in [3.8, 4) is 0 Å². The monoisotopic (exact) mass is 270 g/mol. The SMILES string of the molecule is CC1CCNCC1NC(=O)c1ccc(Cl)cc1F. The third-order valence-corrected chi connectivity index (χ3v) is 3.55. The van der Waals surface area contributed by atoms with Crippen molar-refractivity contribution in [2.24, 2.45) is 5.92 Å². The van der Waals surface area contributed by atoms with E-state index in [4.69, 9.17) is 11.6 Å². The molecule has 2 unspecified atom stereocenters. The smallest absolute Gasteiger partial charge is 0.254 e. The molecule has 0 spiro atoms. The van der Waals surface area contributed by atoms with Crippen molar-refractivity contribution < 1.29 is 9.18 Å². The summed E-state index contributed by atoms with van der Waals surface area (Å²) in [5.74, 6) is -0.577. The van der Waals surface area contributed by atoms with E-state index in [1.807, 2.05) is 0 Å². The zero-order valence-electron chi connectivity index (χ0n) is 10.2.